The molecule has 1 unspecified atom stereocenters. The smallest absolute Gasteiger partial charge is 0.407 e. The number of cyclic esters (lactones) is 1. The van der Waals surface area contributed by atoms with Crippen LogP contribution in [0.2, 0.25) is 0 Å². The second-order valence-corrected chi connectivity index (χ2v) is 7.39. The summed E-state index contributed by atoms with van der Waals surface area (Å²) in [5.41, 5.74) is 8.78. The first-order valence-corrected chi connectivity index (χ1v) is 10.0. The number of pyridine rings is 1. The van der Waals surface area contributed by atoms with Gasteiger partial charge in [-0.15, -0.1) is 5.10 Å². The SMILES string of the molecule is Nc1ncc(-c2ccc(C3CCOC(=O)N3)cc2)cc1-c1nnnn1-c1cccc(F)c1F. The fraction of sp³-hybridized carbons (Fsp3) is 0.136. The predicted octanol–water partition coefficient (Wildman–Crippen LogP) is 3.42. The Morgan fingerprint density at radius 2 is 1.94 bits per heavy atom. The maximum atomic E-state index is 14.3. The number of nitrogens with one attached hydrogen (secondary N) is 1. The number of nitrogens with zero attached hydrogens (tertiary/aromatic N) is 5. The van der Waals surface area contributed by atoms with Crippen molar-refractivity contribution in [2.75, 3.05) is 12.3 Å². The van der Waals surface area contributed by atoms with Crippen LogP contribution in [0.5, 0.6) is 0 Å². The summed E-state index contributed by atoms with van der Waals surface area (Å²) in [6.07, 6.45) is 1.84. The highest BCUT2D eigenvalue weighted by molar-refractivity contribution is 5.76. The number of tetrazole rings is 1. The Hall–Kier alpha value is -4.41. The third-order valence-corrected chi connectivity index (χ3v) is 5.37. The Morgan fingerprint density at radius 3 is 2.73 bits per heavy atom. The Balaban J connectivity index is 1.50. The molecule has 0 saturated carbocycles. The summed E-state index contributed by atoms with van der Waals surface area (Å²) in [5.74, 6) is -1.85. The molecule has 0 radical (unpaired) electrons. The summed E-state index contributed by atoms with van der Waals surface area (Å²) in [6, 6.07) is 12.9. The van der Waals surface area contributed by atoms with Crippen molar-refractivity contribution in [1.29, 1.82) is 0 Å². The molecular weight excluding hydrogens is 432 g/mol. The summed E-state index contributed by atoms with van der Waals surface area (Å²) in [7, 11) is 0. The van der Waals surface area contributed by atoms with E-state index in [2.05, 4.69) is 25.8 Å². The minimum Gasteiger partial charge on any atom is -0.449 e. The molecule has 0 aliphatic carbocycles. The minimum absolute atomic E-state index is 0.118. The zero-order chi connectivity index (χ0) is 22.9. The number of ether oxygens (including phenoxy) is 1. The third kappa shape index (κ3) is 3.84. The summed E-state index contributed by atoms with van der Waals surface area (Å²) < 4.78 is 34.1. The topological polar surface area (TPSA) is 121 Å². The van der Waals surface area contributed by atoms with Crippen molar-refractivity contribution >= 4 is 11.9 Å². The molecule has 9 nitrogen and oxygen atoms in total. The third-order valence-electron chi connectivity index (χ3n) is 5.37. The van der Waals surface area contributed by atoms with Gasteiger partial charge in [-0.25, -0.2) is 18.6 Å². The quantitative estimate of drug-likeness (QED) is 0.490. The molecule has 2 aromatic carbocycles. The number of anilines is 1. The van der Waals surface area contributed by atoms with E-state index in [9.17, 15) is 13.6 Å². The van der Waals surface area contributed by atoms with E-state index in [0.717, 1.165) is 27.4 Å². The molecule has 1 fully saturated rings. The number of hydrogen-bond donors (Lipinski definition) is 2. The van der Waals surface area contributed by atoms with E-state index < -0.39 is 17.7 Å². The van der Waals surface area contributed by atoms with Gasteiger partial charge < -0.3 is 15.8 Å². The van der Waals surface area contributed by atoms with Crippen LogP contribution in [0.4, 0.5) is 19.4 Å². The number of amides is 1. The molecule has 1 aliphatic rings. The lowest BCUT2D eigenvalue weighted by Gasteiger charge is -2.23. The highest BCUT2D eigenvalue weighted by atomic mass is 19.2. The average Bonchev–Trinajstić information content (AvgIpc) is 3.31. The van der Waals surface area contributed by atoms with Crippen molar-refractivity contribution in [2.24, 2.45) is 0 Å². The van der Waals surface area contributed by atoms with Crippen LogP contribution in [0.1, 0.15) is 18.0 Å². The van der Waals surface area contributed by atoms with Gasteiger partial charge in [0.1, 0.15) is 11.5 Å². The van der Waals surface area contributed by atoms with Gasteiger partial charge in [0.05, 0.1) is 18.2 Å². The van der Waals surface area contributed by atoms with E-state index in [1.807, 2.05) is 24.3 Å². The van der Waals surface area contributed by atoms with E-state index in [4.69, 9.17) is 10.5 Å². The van der Waals surface area contributed by atoms with Gasteiger partial charge in [-0.05, 0) is 39.8 Å². The lowest BCUT2D eigenvalue weighted by atomic mass is 9.99. The molecule has 2 aromatic heterocycles. The fourth-order valence-electron chi connectivity index (χ4n) is 3.67. The summed E-state index contributed by atoms with van der Waals surface area (Å²) in [4.78, 5) is 15.7. The van der Waals surface area contributed by atoms with Crippen molar-refractivity contribution in [1.82, 2.24) is 30.5 Å². The average molecular weight is 449 g/mol. The van der Waals surface area contributed by atoms with Crippen molar-refractivity contribution < 1.29 is 18.3 Å². The predicted molar refractivity (Wildman–Crippen MR) is 114 cm³/mol. The van der Waals surface area contributed by atoms with E-state index >= 15 is 0 Å². The molecule has 1 atom stereocenters. The number of hydrogen-bond acceptors (Lipinski definition) is 7. The van der Waals surface area contributed by atoms with Crippen LogP contribution in [0.3, 0.4) is 0 Å². The second kappa shape index (κ2) is 8.26. The standard InChI is InChI=1S/C22H17F2N7O2/c23-16-2-1-3-18(19(16)24)31-21(28-29-30-31)15-10-14(11-26-20(15)25)12-4-6-13(7-5-12)17-8-9-33-22(32)27-17/h1-7,10-11,17H,8-9H2,(H2,25,26)(H,27,32). The van der Waals surface area contributed by atoms with Gasteiger partial charge >= 0.3 is 6.09 Å². The lowest BCUT2D eigenvalue weighted by Crippen LogP contribution is -2.35. The first-order chi connectivity index (χ1) is 16.0. The van der Waals surface area contributed by atoms with Crippen molar-refractivity contribution in [2.45, 2.75) is 12.5 Å². The van der Waals surface area contributed by atoms with Crippen LogP contribution in [0, 0.1) is 11.6 Å². The summed E-state index contributed by atoms with van der Waals surface area (Å²) in [5, 5.41) is 14.1. The largest absolute Gasteiger partial charge is 0.449 e. The highest BCUT2D eigenvalue weighted by Crippen LogP contribution is 2.31. The van der Waals surface area contributed by atoms with E-state index in [0.29, 0.717) is 18.6 Å². The Morgan fingerprint density at radius 1 is 1.12 bits per heavy atom. The second-order valence-electron chi connectivity index (χ2n) is 7.39. The van der Waals surface area contributed by atoms with Gasteiger partial charge in [0.2, 0.25) is 0 Å². The Labute approximate surface area is 186 Å². The number of benzene rings is 2. The lowest BCUT2D eigenvalue weighted by molar-refractivity contribution is 0.115. The number of halogens is 2. The Bertz CT molecular complexity index is 1340. The highest BCUT2D eigenvalue weighted by Gasteiger charge is 2.22. The summed E-state index contributed by atoms with van der Waals surface area (Å²) in [6.45, 7) is 0.365. The van der Waals surface area contributed by atoms with Crippen LogP contribution < -0.4 is 11.1 Å². The number of rotatable bonds is 4. The Kier molecular flexibility index (Phi) is 5.13. The molecule has 0 bridgehead atoms. The summed E-state index contributed by atoms with van der Waals surface area (Å²) >= 11 is 0. The maximum Gasteiger partial charge on any atom is 0.407 e. The fourth-order valence-corrected chi connectivity index (χ4v) is 3.67. The number of nitrogen functional groups attached to an aromatic ring is 1. The molecular formula is C22H17F2N7O2. The van der Waals surface area contributed by atoms with Crippen LogP contribution in [0.25, 0.3) is 28.2 Å². The van der Waals surface area contributed by atoms with Gasteiger partial charge in [-0.1, -0.05) is 30.3 Å². The van der Waals surface area contributed by atoms with E-state index in [1.54, 1.807) is 12.3 Å². The molecule has 33 heavy (non-hydrogen) atoms. The molecule has 1 amide bonds. The van der Waals surface area contributed by atoms with Crippen molar-refractivity contribution in [3.63, 3.8) is 0 Å². The van der Waals surface area contributed by atoms with Crippen LogP contribution >= 0.6 is 0 Å². The number of carbonyl (C=O) groups excluding carboxylic acids is 1. The number of aromatic nitrogens is 5. The van der Waals surface area contributed by atoms with Gasteiger partial charge in [0.15, 0.2) is 17.5 Å². The first kappa shape index (κ1) is 20.5. The number of carbonyl (C=O) groups is 1. The molecule has 4 aromatic rings. The molecule has 1 saturated heterocycles. The first-order valence-electron chi connectivity index (χ1n) is 10.0. The monoisotopic (exact) mass is 449 g/mol. The molecule has 5 rings (SSSR count). The van der Waals surface area contributed by atoms with Crippen LogP contribution in [-0.4, -0.2) is 37.9 Å². The maximum absolute atomic E-state index is 14.3. The molecule has 1 aliphatic heterocycles. The van der Waals surface area contributed by atoms with Crippen molar-refractivity contribution in [3.05, 3.63) is 71.9 Å². The molecule has 166 valence electrons. The van der Waals surface area contributed by atoms with Crippen molar-refractivity contribution in [3.8, 4) is 28.2 Å². The van der Waals surface area contributed by atoms with Gasteiger partial charge in [-0.2, -0.15) is 4.68 Å². The van der Waals surface area contributed by atoms with Crippen LogP contribution in [-0.2, 0) is 4.74 Å². The number of alkyl carbamates (subject to hydrolysis) is 1. The van der Waals surface area contributed by atoms with Gasteiger partial charge in [-0.3, -0.25) is 0 Å². The molecule has 0 spiro atoms. The normalized spacial score (nSPS) is 15.7. The molecule has 3 heterocycles. The minimum atomic E-state index is -1.08. The number of nitrogens with two attached hydrogens (primary N) is 1. The zero-order valence-electron chi connectivity index (χ0n) is 17.1. The zero-order valence-corrected chi connectivity index (χ0v) is 17.1. The van der Waals surface area contributed by atoms with E-state index in [-0.39, 0.29) is 23.4 Å². The molecule has 11 heteroatoms. The molecule has 3 N–H and O–H groups in total. The van der Waals surface area contributed by atoms with Crippen LogP contribution in [0.15, 0.2) is 54.7 Å². The van der Waals surface area contributed by atoms with Gasteiger partial charge in [0, 0.05) is 18.2 Å². The van der Waals surface area contributed by atoms with E-state index in [1.165, 1.54) is 12.1 Å². The van der Waals surface area contributed by atoms with Gasteiger partial charge in [0.25, 0.3) is 0 Å².